The van der Waals surface area contributed by atoms with Gasteiger partial charge >= 0.3 is 0 Å². The van der Waals surface area contributed by atoms with Gasteiger partial charge in [0.1, 0.15) is 12.1 Å². The minimum atomic E-state index is -0.554. The maximum absolute atomic E-state index is 13.3. The Bertz CT molecular complexity index is 1360. The van der Waals surface area contributed by atoms with Crippen molar-refractivity contribution in [3.8, 4) is 11.3 Å². The highest BCUT2D eigenvalue weighted by atomic mass is 35.5. The first-order valence-corrected chi connectivity index (χ1v) is 13.1. The van der Waals surface area contributed by atoms with Crippen molar-refractivity contribution in [2.75, 3.05) is 38.3 Å². The smallest absolute Gasteiger partial charge is 0.254 e. The van der Waals surface area contributed by atoms with Crippen LogP contribution in [-0.2, 0) is 26.4 Å². The van der Waals surface area contributed by atoms with Gasteiger partial charge in [0.25, 0.3) is 5.91 Å². The number of anilines is 1. The number of amides is 2. The van der Waals surface area contributed by atoms with E-state index >= 15 is 0 Å². The Kier molecular flexibility index (Phi) is 6.73. The summed E-state index contributed by atoms with van der Waals surface area (Å²) in [6.07, 6.45) is 3.35. The Morgan fingerprint density at radius 1 is 1.11 bits per heavy atom. The summed E-state index contributed by atoms with van der Waals surface area (Å²) < 4.78 is 10.8. The van der Waals surface area contributed by atoms with Gasteiger partial charge in [-0.05, 0) is 30.0 Å². The van der Waals surface area contributed by atoms with Crippen molar-refractivity contribution in [3.05, 3.63) is 76.4 Å². The summed E-state index contributed by atoms with van der Waals surface area (Å²) in [7, 11) is 0. The molecule has 6 rings (SSSR count). The predicted molar refractivity (Wildman–Crippen MR) is 142 cm³/mol. The summed E-state index contributed by atoms with van der Waals surface area (Å²) in [5.74, 6) is 0.0799. The minimum absolute atomic E-state index is 0.0368. The van der Waals surface area contributed by atoms with Gasteiger partial charge in [0.05, 0.1) is 30.1 Å². The van der Waals surface area contributed by atoms with Crippen molar-refractivity contribution in [2.24, 2.45) is 0 Å². The van der Waals surface area contributed by atoms with Crippen LogP contribution in [0.2, 0.25) is 5.02 Å². The number of carbonyl (C=O) groups excluding carboxylic acids is 2. The fourth-order valence-electron chi connectivity index (χ4n) is 5.15. The van der Waals surface area contributed by atoms with E-state index in [2.05, 4.69) is 20.6 Å². The topological polar surface area (TPSA) is 106 Å². The molecule has 2 amide bonds. The summed E-state index contributed by atoms with van der Waals surface area (Å²) in [4.78, 5) is 36.8. The predicted octanol–water partition coefficient (Wildman–Crippen LogP) is 3.39. The number of ether oxygens (including phenoxy) is 2. The number of fused-ring (bicyclic) bond motifs is 1. The molecule has 0 atom stereocenters. The number of benzene rings is 2. The molecule has 0 radical (unpaired) electrons. The van der Waals surface area contributed by atoms with Crippen LogP contribution in [0.3, 0.4) is 0 Å². The zero-order valence-corrected chi connectivity index (χ0v) is 21.5. The summed E-state index contributed by atoms with van der Waals surface area (Å²) in [6, 6.07) is 15.6. The first-order valence-electron chi connectivity index (χ1n) is 12.7. The highest BCUT2D eigenvalue weighted by Crippen LogP contribution is 2.32. The molecule has 0 aliphatic carbocycles. The van der Waals surface area contributed by atoms with Gasteiger partial charge in [-0.1, -0.05) is 54.1 Å². The SMILES string of the molecule is O=C(CN1Cc2ccc(-c3nc(NC4CCOCC4)ncc3Cl)cc2C1=O)NC1(c2ccccc2)COC1. The molecule has 3 aromatic rings. The number of halogens is 1. The molecule has 2 aromatic carbocycles. The lowest BCUT2D eigenvalue weighted by Crippen LogP contribution is -2.60. The van der Waals surface area contributed by atoms with Crippen LogP contribution in [0.15, 0.2) is 54.7 Å². The molecule has 0 unspecified atom stereocenters. The number of hydrogen-bond acceptors (Lipinski definition) is 7. The molecule has 3 aliphatic heterocycles. The first-order chi connectivity index (χ1) is 18.5. The number of nitrogens with one attached hydrogen (secondary N) is 2. The maximum Gasteiger partial charge on any atom is 0.254 e. The fraction of sp³-hybridized carbons (Fsp3) is 0.357. The van der Waals surface area contributed by atoms with Crippen molar-refractivity contribution >= 4 is 29.4 Å². The van der Waals surface area contributed by atoms with Crippen LogP contribution in [0.5, 0.6) is 0 Å². The Morgan fingerprint density at radius 3 is 2.63 bits per heavy atom. The van der Waals surface area contributed by atoms with E-state index in [0.29, 0.717) is 55.2 Å². The Balaban J connectivity index is 1.16. The third-order valence-electron chi connectivity index (χ3n) is 7.30. The first kappa shape index (κ1) is 24.8. The zero-order valence-electron chi connectivity index (χ0n) is 20.8. The van der Waals surface area contributed by atoms with Gasteiger partial charge in [-0.15, -0.1) is 0 Å². The van der Waals surface area contributed by atoms with Crippen molar-refractivity contribution in [1.82, 2.24) is 20.2 Å². The molecule has 9 nitrogen and oxygen atoms in total. The van der Waals surface area contributed by atoms with E-state index in [1.807, 2.05) is 42.5 Å². The molecule has 2 saturated heterocycles. The molecule has 2 N–H and O–H groups in total. The van der Waals surface area contributed by atoms with Crippen LogP contribution < -0.4 is 10.6 Å². The van der Waals surface area contributed by atoms with E-state index in [0.717, 1.165) is 29.5 Å². The van der Waals surface area contributed by atoms with Crippen molar-refractivity contribution in [3.63, 3.8) is 0 Å². The van der Waals surface area contributed by atoms with Gasteiger partial charge in [0.15, 0.2) is 0 Å². The molecule has 2 fully saturated rings. The average molecular weight is 534 g/mol. The van der Waals surface area contributed by atoms with E-state index in [1.165, 1.54) is 0 Å². The normalized spacial score (nSPS) is 18.6. The summed E-state index contributed by atoms with van der Waals surface area (Å²) >= 11 is 6.46. The second-order valence-electron chi connectivity index (χ2n) is 9.94. The van der Waals surface area contributed by atoms with Gasteiger partial charge in [-0.3, -0.25) is 9.59 Å². The monoisotopic (exact) mass is 533 g/mol. The van der Waals surface area contributed by atoms with Crippen molar-refractivity contribution < 1.29 is 19.1 Å². The minimum Gasteiger partial charge on any atom is -0.381 e. The quantitative estimate of drug-likeness (QED) is 0.479. The Labute approximate surface area is 225 Å². The number of hydrogen-bond donors (Lipinski definition) is 2. The summed E-state index contributed by atoms with van der Waals surface area (Å²) in [5, 5.41) is 6.86. The largest absolute Gasteiger partial charge is 0.381 e. The molecule has 196 valence electrons. The van der Waals surface area contributed by atoms with E-state index in [-0.39, 0.29) is 24.4 Å². The van der Waals surface area contributed by atoms with Crippen LogP contribution in [0.1, 0.15) is 34.3 Å². The lowest BCUT2D eigenvalue weighted by Gasteiger charge is -2.42. The average Bonchev–Trinajstić information content (AvgIpc) is 3.22. The Morgan fingerprint density at radius 2 is 1.89 bits per heavy atom. The summed E-state index contributed by atoms with van der Waals surface area (Å²) in [5.41, 5.74) is 3.13. The van der Waals surface area contributed by atoms with Gasteiger partial charge in [-0.2, -0.15) is 0 Å². The van der Waals surface area contributed by atoms with Crippen molar-refractivity contribution in [1.29, 1.82) is 0 Å². The number of nitrogens with zero attached hydrogens (tertiary/aromatic N) is 3. The van der Waals surface area contributed by atoms with E-state index in [4.69, 9.17) is 21.1 Å². The van der Waals surface area contributed by atoms with Crippen LogP contribution in [-0.4, -0.2) is 65.7 Å². The van der Waals surface area contributed by atoms with E-state index in [1.54, 1.807) is 17.2 Å². The second-order valence-corrected chi connectivity index (χ2v) is 10.4. The lowest BCUT2D eigenvalue weighted by atomic mass is 9.88. The highest BCUT2D eigenvalue weighted by molar-refractivity contribution is 6.33. The lowest BCUT2D eigenvalue weighted by molar-refractivity contribution is -0.134. The highest BCUT2D eigenvalue weighted by Gasteiger charge is 2.42. The molecular weight excluding hydrogens is 506 g/mol. The van der Waals surface area contributed by atoms with Crippen LogP contribution in [0.25, 0.3) is 11.3 Å². The Hall–Kier alpha value is -3.53. The fourth-order valence-corrected chi connectivity index (χ4v) is 5.35. The van der Waals surface area contributed by atoms with Crippen LogP contribution in [0, 0.1) is 0 Å². The molecule has 0 bridgehead atoms. The zero-order chi connectivity index (χ0) is 26.1. The summed E-state index contributed by atoms with van der Waals surface area (Å²) in [6.45, 7) is 2.56. The number of rotatable bonds is 7. The molecule has 38 heavy (non-hydrogen) atoms. The van der Waals surface area contributed by atoms with Gasteiger partial charge in [-0.25, -0.2) is 9.97 Å². The number of carbonyl (C=O) groups is 2. The number of aromatic nitrogens is 2. The second kappa shape index (κ2) is 10.3. The molecule has 1 aromatic heterocycles. The molecule has 10 heteroatoms. The molecular formula is C28H28ClN5O4. The van der Waals surface area contributed by atoms with Gasteiger partial charge in [0, 0.05) is 36.9 Å². The van der Waals surface area contributed by atoms with Gasteiger partial charge in [0.2, 0.25) is 11.9 Å². The third kappa shape index (κ3) is 4.84. The molecule has 3 aliphatic rings. The van der Waals surface area contributed by atoms with E-state index in [9.17, 15) is 9.59 Å². The van der Waals surface area contributed by atoms with Gasteiger partial charge < -0.3 is 25.0 Å². The molecule has 0 saturated carbocycles. The third-order valence-corrected chi connectivity index (χ3v) is 7.57. The van der Waals surface area contributed by atoms with E-state index < -0.39 is 5.54 Å². The standard InChI is InChI=1S/C28H28ClN5O4/c29-23-13-30-27(31-21-8-10-37-11-9-21)32-25(23)18-6-7-19-14-34(26(36)22(19)12-18)15-24(35)33-28(16-38-17-28)20-4-2-1-3-5-20/h1-7,12-13,21H,8-11,14-17H2,(H,33,35)(H,30,31,32). The van der Waals surface area contributed by atoms with Crippen molar-refractivity contribution in [2.45, 2.75) is 31.0 Å². The molecule has 4 heterocycles. The maximum atomic E-state index is 13.3. The van der Waals surface area contributed by atoms with Crippen LogP contribution in [0.4, 0.5) is 5.95 Å². The molecule has 0 spiro atoms. The van der Waals surface area contributed by atoms with Crippen LogP contribution >= 0.6 is 11.6 Å².